The van der Waals surface area contributed by atoms with E-state index in [1.54, 1.807) is 0 Å². The molecule has 3 aromatic rings. The van der Waals surface area contributed by atoms with Gasteiger partial charge >= 0.3 is 0 Å². The quantitative estimate of drug-likeness (QED) is 0.559. The van der Waals surface area contributed by atoms with Crippen LogP contribution in [0.15, 0.2) is 54.7 Å². The first-order valence-corrected chi connectivity index (χ1v) is 8.66. The highest BCUT2D eigenvalue weighted by molar-refractivity contribution is 6.05. The van der Waals surface area contributed by atoms with Crippen LogP contribution in [0.1, 0.15) is 17.5 Å². The lowest BCUT2D eigenvalue weighted by Crippen LogP contribution is -2.50. The van der Waals surface area contributed by atoms with Gasteiger partial charge in [0.1, 0.15) is 5.54 Å². The third kappa shape index (κ3) is 2.62. The van der Waals surface area contributed by atoms with Gasteiger partial charge in [-0.15, -0.1) is 0 Å². The average Bonchev–Trinajstić information content (AvgIpc) is 3.16. The summed E-state index contributed by atoms with van der Waals surface area (Å²) in [4.78, 5) is 16.0. The number of fused-ring (bicyclic) bond motifs is 2. The van der Waals surface area contributed by atoms with Crippen molar-refractivity contribution in [2.75, 3.05) is 18.4 Å². The summed E-state index contributed by atoms with van der Waals surface area (Å²) in [6, 6.07) is 16.1. The monoisotopic (exact) mass is 334 g/mol. The van der Waals surface area contributed by atoms with Gasteiger partial charge in [-0.05, 0) is 37.1 Å². The van der Waals surface area contributed by atoms with E-state index in [0.29, 0.717) is 19.5 Å². The summed E-state index contributed by atoms with van der Waals surface area (Å²) in [5, 5.41) is 7.71. The fourth-order valence-corrected chi connectivity index (χ4v) is 3.79. The normalized spacial score (nSPS) is 19.2. The first-order chi connectivity index (χ1) is 12.2. The molecular weight excluding hydrogens is 312 g/mol. The Morgan fingerprint density at radius 3 is 2.76 bits per heavy atom. The summed E-state index contributed by atoms with van der Waals surface area (Å²) in [6.45, 7) is 1.14. The van der Waals surface area contributed by atoms with Gasteiger partial charge in [0, 0.05) is 34.9 Å². The highest BCUT2D eigenvalue weighted by atomic mass is 16.2. The Morgan fingerprint density at radius 1 is 1.08 bits per heavy atom. The third-order valence-corrected chi connectivity index (χ3v) is 5.04. The number of amides is 1. The van der Waals surface area contributed by atoms with E-state index in [1.165, 1.54) is 10.9 Å². The van der Waals surface area contributed by atoms with E-state index in [-0.39, 0.29) is 5.91 Å². The second-order valence-electron chi connectivity index (χ2n) is 6.48. The first kappa shape index (κ1) is 15.9. The summed E-state index contributed by atoms with van der Waals surface area (Å²) in [5.41, 5.74) is 9.34. The number of benzene rings is 2. The largest absolute Gasteiger partial charge is 0.361 e. The fourth-order valence-electron chi connectivity index (χ4n) is 3.79. The molecule has 2 aromatic carbocycles. The molecule has 128 valence electrons. The van der Waals surface area contributed by atoms with E-state index in [4.69, 9.17) is 5.73 Å². The molecule has 1 aliphatic heterocycles. The minimum atomic E-state index is -0.739. The van der Waals surface area contributed by atoms with E-state index in [1.807, 2.05) is 42.6 Å². The van der Waals surface area contributed by atoms with Crippen LogP contribution in [0, 0.1) is 0 Å². The Hall–Kier alpha value is -2.63. The van der Waals surface area contributed by atoms with Crippen molar-refractivity contribution >= 4 is 22.5 Å². The van der Waals surface area contributed by atoms with Crippen LogP contribution in [0.4, 0.5) is 5.69 Å². The van der Waals surface area contributed by atoms with Crippen molar-refractivity contribution in [3.05, 3.63) is 65.9 Å². The predicted molar refractivity (Wildman–Crippen MR) is 100 cm³/mol. The Kier molecular flexibility index (Phi) is 4.03. The summed E-state index contributed by atoms with van der Waals surface area (Å²) in [5.74, 6) is -0.0157. The SMILES string of the molecule is NCCC1(NCCc2c[nH]c3ccccc23)C(=O)Nc2ccccc21. The molecule has 1 atom stereocenters. The summed E-state index contributed by atoms with van der Waals surface area (Å²) < 4.78 is 0. The highest BCUT2D eigenvalue weighted by Gasteiger charge is 2.45. The third-order valence-electron chi connectivity index (χ3n) is 5.04. The lowest BCUT2D eigenvalue weighted by molar-refractivity contribution is -0.122. The molecule has 5 N–H and O–H groups in total. The van der Waals surface area contributed by atoms with Gasteiger partial charge in [0.15, 0.2) is 0 Å². The number of hydrogen-bond acceptors (Lipinski definition) is 3. The molecule has 0 radical (unpaired) electrons. The van der Waals surface area contributed by atoms with Crippen LogP contribution >= 0.6 is 0 Å². The van der Waals surface area contributed by atoms with Crippen molar-refractivity contribution in [1.82, 2.24) is 10.3 Å². The maximum Gasteiger partial charge on any atom is 0.249 e. The number of rotatable bonds is 6. The van der Waals surface area contributed by atoms with Crippen LogP contribution in [-0.2, 0) is 16.8 Å². The molecule has 0 aliphatic carbocycles. The van der Waals surface area contributed by atoms with Crippen LogP contribution in [0.2, 0.25) is 0 Å². The molecule has 0 saturated carbocycles. The van der Waals surface area contributed by atoms with Gasteiger partial charge in [0.25, 0.3) is 0 Å². The smallest absolute Gasteiger partial charge is 0.249 e. The van der Waals surface area contributed by atoms with Gasteiger partial charge in [-0.1, -0.05) is 36.4 Å². The molecule has 0 spiro atoms. The Labute approximate surface area is 146 Å². The van der Waals surface area contributed by atoms with Crippen LogP contribution in [0.25, 0.3) is 10.9 Å². The Bertz CT molecular complexity index is 917. The molecule has 25 heavy (non-hydrogen) atoms. The second-order valence-corrected chi connectivity index (χ2v) is 6.48. The zero-order valence-corrected chi connectivity index (χ0v) is 14.0. The molecule has 0 bridgehead atoms. The molecule has 0 saturated heterocycles. The minimum absolute atomic E-state index is 0.0157. The lowest BCUT2D eigenvalue weighted by atomic mass is 9.87. The number of hydrogen-bond donors (Lipinski definition) is 4. The molecule has 1 aliphatic rings. The number of H-pyrrole nitrogens is 1. The van der Waals surface area contributed by atoms with E-state index < -0.39 is 5.54 Å². The van der Waals surface area contributed by atoms with Crippen LogP contribution in [0.3, 0.4) is 0 Å². The molecule has 5 heteroatoms. The molecule has 1 unspecified atom stereocenters. The number of carbonyl (C=O) groups excluding carboxylic acids is 1. The summed E-state index contributed by atoms with van der Waals surface area (Å²) in [7, 11) is 0. The lowest BCUT2D eigenvalue weighted by Gasteiger charge is -2.28. The number of aromatic nitrogens is 1. The zero-order valence-electron chi connectivity index (χ0n) is 14.0. The topological polar surface area (TPSA) is 82.9 Å². The summed E-state index contributed by atoms with van der Waals surface area (Å²) in [6.07, 6.45) is 3.46. The number of aromatic amines is 1. The number of anilines is 1. The molecule has 2 heterocycles. The maximum atomic E-state index is 12.7. The van der Waals surface area contributed by atoms with Crippen molar-refractivity contribution < 1.29 is 4.79 Å². The standard InChI is InChI=1S/C20H22N4O/c21-11-10-20(16-6-2-4-8-18(16)24-19(20)25)23-12-9-14-13-22-17-7-3-1-5-15(14)17/h1-8,13,22-23H,9-12,21H2,(H,24,25). The van der Waals surface area contributed by atoms with E-state index in [9.17, 15) is 4.79 Å². The minimum Gasteiger partial charge on any atom is -0.361 e. The molecule has 0 fully saturated rings. The van der Waals surface area contributed by atoms with Gasteiger partial charge in [-0.2, -0.15) is 0 Å². The number of para-hydroxylation sites is 2. The van der Waals surface area contributed by atoms with Crippen molar-refractivity contribution in [1.29, 1.82) is 0 Å². The van der Waals surface area contributed by atoms with Crippen LogP contribution in [-0.4, -0.2) is 24.0 Å². The molecule has 1 aromatic heterocycles. The molecule has 5 nitrogen and oxygen atoms in total. The summed E-state index contributed by atoms with van der Waals surface area (Å²) >= 11 is 0. The molecule has 4 rings (SSSR count). The van der Waals surface area contributed by atoms with E-state index in [2.05, 4.69) is 27.8 Å². The van der Waals surface area contributed by atoms with Crippen molar-refractivity contribution in [2.45, 2.75) is 18.4 Å². The Balaban J connectivity index is 1.56. The number of nitrogens with two attached hydrogens (primary N) is 1. The van der Waals surface area contributed by atoms with E-state index >= 15 is 0 Å². The van der Waals surface area contributed by atoms with Gasteiger partial charge < -0.3 is 16.0 Å². The van der Waals surface area contributed by atoms with Crippen molar-refractivity contribution in [3.8, 4) is 0 Å². The average molecular weight is 334 g/mol. The first-order valence-electron chi connectivity index (χ1n) is 8.66. The van der Waals surface area contributed by atoms with Gasteiger partial charge in [-0.25, -0.2) is 0 Å². The highest BCUT2D eigenvalue weighted by Crippen LogP contribution is 2.38. The van der Waals surface area contributed by atoms with Gasteiger partial charge in [-0.3, -0.25) is 10.1 Å². The molecule has 1 amide bonds. The Morgan fingerprint density at radius 2 is 1.88 bits per heavy atom. The second kappa shape index (κ2) is 6.35. The fraction of sp³-hybridized carbons (Fsp3) is 0.250. The predicted octanol–water partition coefficient (Wildman–Crippen LogP) is 2.50. The van der Waals surface area contributed by atoms with Crippen LogP contribution in [0.5, 0.6) is 0 Å². The van der Waals surface area contributed by atoms with Crippen molar-refractivity contribution in [3.63, 3.8) is 0 Å². The van der Waals surface area contributed by atoms with E-state index in [0.717, 1.165) is 23.2 Å². The maximum absolute atomic E-state index is 12.7. The number of carbonyl (C=O) groups is 1. The van der Waals surface area contributed by atoms with Gasteiger partial charge in [0.2, 0.25) is 5.91 Å². The van der Waals surface area contributed by atoms with Crippen molar-refractivity contribution in [2.24, 2.45) is 5.73 Å². The molecular formula is C20H22N4O. The number of nitrogens with one attached hydrogen (secondary N) is 3. The van der Waals surface area contributed by atoms with Gasteiger partial charge in [0.05, 0.1) is 0 Å². The zero-order chi connectivity index (χ0) is 17.3. The van der Waals surface area contributed by atoms with Crippen LogP contribution < -0.4 is 16.4 Å².